The smallest absolute Gasteiger partial charge is 0.261 e. The second-order valence-corrected chi connectivity index (χ2v) is 6.40. The summed E-state index contributed by atoms with van der Waals surface area (Å²) < 4.78 is 5.80. The minimum atomic E-state index is -0.241. The first-order valence-corrected chi connectivity index (χ1v) is 9.11. The number of rotatable bonds is 5. The molecule has 2 aromatic carbocycles. The Morgan fingerprint density at radius 2 is 2.00 bits per heavy atom. The number of hydrogen-bond donors (Lipinski definition) is 1. The molecule has 1 aliphatic rings. The van der Waals surface area contributed by atoms with Crippen LogP contribution in [0.15, 0.2) is 66.9 Å². The maximum absolute atomic E-state index is 12.8. The Bertz CT molecular complexity index is 957. The Morgan fingerprint density at radius 3 is 2.81 bits per heavy atom. The van der Waals surface area contributed by atoms with Crippen molar-refractivity contribution in [2.45, 2.75) is 13.3 Å². The maximum atomic E-state index is 12.8. The Kier molecular flexibility index (Phi) is 4.75. The second-order valence-electron chi connectivity index (χ2n) is 6.40. The van der Waals surface area contributed by atoms with Crippen molar-refractivity contribution in [1.29, 1.82) is 0 Å². The number of ether oxygens (including phenoxy) is 1. The van der Waals surface area contributed by atoms with Gasteiger partial charge in [-0.1, -0.05) is 24.3 Å². The molecular weight excluding hydrogens is 338 g/mol. The first-order valence-electron chi connectivity index (χ1n) is 9.11. The van der Waals surface area contributed by atoms with Crippen LogP contribution >= 0.6 is 0 Å². The molecule has 0 saturated carbocycles. The van der Waals surface area contributed by atoms with Gasteiger partial charge in [0.15, 0.2) is 0 Å². The van der Waals surface area contributed by atoms with Gasteiger partial charge in [0.2, 0.25) is 5.88 Å². The third kappa shape index (κ3) is 3.62. The lowest BCUT2D eigenvalue weighted by molar-refractivity contribution is 0.102. The Labute approximate surface area is 158 Å². The van der Waals surface area contributed by atoms with E-state index in [4.69, 9.17) is 4.74 Å². The first kappa shape index (κ1) is 17.1. The van der Waals surface area contributed by atoms with Crippen LogP contribution in [0.1, 0.15) is 22.8 Å². The molecule has 2 heterocycles. The average Bonchev–Trinajstić information content (AvgIpc) is 3.11. The van der Waals surface area contributed by atoms with E-state index < -0.39 is 0 Å². The van der Waals surface area contributed by atoms with Crippen molar-refractivity contribution < 1.29 is 9.53 Å². The number of fused-ring (bicyclic) bond motifs is 1. The molecule has 0 bridgehead atoms. The number of anilines is 2. The van der Waals surface area contributed by atoms with E-state index in [1.54, 1.807) is 18.3 Å². The predicted molar refractivity (Wildman–Crippen MR) is 107 cm³/mol. The molecule has 0 radical (unpaired) electrons. The van der Waals surface area contributed by atoms with E-state index in [2.05, 4.69) is 28.2 Å². The summed E-state index contributed by atoms with van der Waals surface area (Å²) in [7, 11) is 0. The number of carbonyl (C=O) groups excluding carboxylic acids is 1. The number of nitrogens with one attached hydrogen (secondary N) is 1. The van der Waals surface area contributed by atoms with Crippen LogP contribution in [0.25, 0.3) is 0 Å². The number of hydrogen-bond acceptors (Lipinski definition) is 4. The molecule has 5 heteroatoms. The summed E-state index contributed by atoms with van der Waals surface area (Å²) in [5, 5.41) is 2.97. The average molecular weight is 359 g/mol. The minimum Gasteiger partial charge on any atom is -0.438 e. The third-order valence-corrected chi connectivity index (χ3v) is 4.69. The molecule has 1 aliphatic heterocycles. The number of amides is 1. The van der Waals surface area contributed by atoms with Crippen LogP contribution < -0.4 is 15.0 Å². The zero-order chi connectivity index (χ0) is 18.6. The number of pyridine rings is 1. The number of carbonyl (C=O) groups is 1. The summed E-state index contributed by atoms with van der Waals surface area (Å²) in [4.78, 5) is 19.4. The Hall–Kier alpha value is -3.34. The van der Waals surface area contributed by atoms with Gasteiger partial charge in [0, 0.05) is 30.7 Å². The van der Waals surface area contributed by atoms with Crippen LogP contribution in [0.3, 0.4) is 0 Å². The molecule has 1 aromatic heterocycles. The molecule has 3 aromatic rings. The Morgan fingerprint density at radius 1 is 1.15 bits per heavy atom. The molecule has 4 rings (SSSR count). The van der Waals surface area contributed by atoms with Crippen molar-refractivity contribution in [3.63, 3.8) is 0 Å². The molecule has 0 atom stereocenters. The van der Waals surface area contributed by atoms with E-state index in [0.717, 1.165) is 25.2 Å². The molecule has 0 aliphatic carbocycles. The summed E-state index contributed by atoms with van der Waals surface area (Å²) in [5.74, 6) is 0.689. The van der Waals surface area contributed by atoms with E-state index in [0.29, 0.717) is 11.3 Å². The molecule has 0 unspecified atom stereocenters. The van der Waals surface area contributed by atoms with Crippen LogP contribution in [0.5, 0.6) is 11.6 Å². The van der Waals surface area contributed by atoms with Crippen LogP contribution in [-0.4, -0.2) is 24.0 Å². The van der Waals surface area contributed by atoms with Crippen LogP contribution in [-0.2, 0) is 6.42 Å². The van der Waals surface area contributed by atoms with Gasteiger partial charge < -0.3 is 15.0 Å². The fourth-order valence-corrected chi connectivity index (χ4v) is 3.30. The molecule has 136 valence electrons. The van der Waals surface area contributed by atoms with Gasteiger partial charge in [-0.15, -0.1) is 0 Å². The summed E-state index contributed by atoms with van der Waals surface area (Å²) in [6.45, 7) is 4.13. The molecule has 0 spiro atoms. The van der Waals surface area contributed by atoms with E-state index in [1.807, 2.05) is 42.5 Å². The number of likely N-dealkylation sites (N-methyl/N-ethyl adjacent to an activating group) is 1. The maximum Gasteiger partial charge on any atom is 0.261 e. The lowest BCUT2D eigenvalue weighted by atomic mass is 10.1. The van der Waals surface area contributed by atoms with Gasteiger partial charge in [0.1, 0.15) is 11.3 Å². The standard InChI is InChI=1S/C22H21N3O2/c1-2-25-14-12-16-10-11-17(15-20(16)25)24-21(26)19-9-6-13-23-22(19)27-18-7-4-3-5-8-18/h3-11,13,15H,2,12,14H2,1H3,(H,24,26). The second kappa shape index (κ2) is 7.50. The van der Waals surface area contributed by atoms with Crippen LogP contribution in [0.2, 0.25) is 0 Å². The van der Waals surface area contributed by atoms with Crippen LogP contribution in [0, 0.1) is 0 Å². The van der Waals surface area contributed by atoms with Gasteiger partial charge in [0.05, 0.1) is 0 Å². The van der Waals surface area contributed by atoms with Gasteiger partial charge >= 0.3 is 0 Å². The topological polar surface area (TPSA) is 54.5 Å². The number of nitrogens with zero attached hydrogens (tertiary/aromatic N) is 2. The zero-order valence-electron chi connectivity index (χ0n) is 15.2. The van der Waals surface area contributed by atoms with E-state index in [1.165, 1.54) is 11.3 Å². The molecule has 1 N–H and O–H groups in total. The normalized spacial score (nSPS) is 12.6. The molecule has 5 nitrogen and oxygen atoms in total. The highest BCUT2D eigenvalue weighted by molar-refractivity contribution is 6.06. The first-order chi connectivity index (χ1) is 13.2. The largest absolute Gasteiger partial charge is 0.438 e. The highest BCUT2D eigenvalue weighted by Crippen LogP contribution is 2.31. The molecule has 0 fully saturated rings. The lowest BCUT2D eigenvalue weighted by Crippen LogP contribution is -2.19. The molecule has 0 saturated heterocycles. The quantitative estimate of drug-likeness (QED) is 0.728. The number of para-hydroxylation sites is 1. The van der Waals surface area contributed by atoms with Crippen LogP contribution in [0.4, 0.5) is 11.4 Å². The molecule has 1 amide bonds. The van der Waals surface area contributed by atoms with Crippen molar-refractivity contribution in [2.24, 2.45) is 0 Å². The van der Waals surface area contributed by atoms with Gasteiger partial charge in [-0.3, -0.25) is 4.79 Å². The predicted octanol–water partition coefficient (Wildman–Crippen LogP) is 4.51. The van der Waals surface area contributed by atoms with E-state index >= 15 is 0 Å². The summed E-state index contributed by atoms with van der Waals surface area (Å²) >= 11 is 0. The fraction of sp³-hybridized carbons (Fsp3) is 0.182. The molecular formula is C22H21N3O2. The van der Waals surface area contributed by atoms with Gasteiger partial charge in [-0.2, -0.15) is 0 Å². The minimum absolute atomic E-state index is 0.241. The monoisotopic (exact) mass is 359 g/mol. The van der Waals surface area contributed by atoms with Crippen molar-refractivity contribution in [3.8, 4) is 11.6 Å². The van der Waals surface area contributed by atoms with Gasteiger partial charge in [-0.05, 0) is 55.3 Å². The van der Waals surface area contributed by atoms with Gasteiger partial charge in [0.25, 0.3) is 5.91 Å². The summed E-state index contributed by atoms with van der Waals surface area (Å²) in [5.41, 5.74) is 3.69. The highest BCUT2D eigenvalue weighted by Gasteiger charge is 2.19. The lowest BCUT2D eigenvalue weighted by Gasteiger charge is -2.17. The van der Waals surface area contributed by atoms with Crippen molar-refractivity contribution in [3.05, 3.63) is 78.0 Å². The SMILES string of the molecule is CCN1CCc2ccc(NC(=O)c3cccnc3Oc3ccccc3)cc21. The zero-order valence-corrected chi connectivity index (χ0v) is 15.2. The Balaban J connectivity index is 1.56. The van der Waals surface area contributed by atoms with E-state index in [9.17, 15) is 4.79 Å². The van der Waals surface area contributed by atoms with Gasteiger partial charge in [-0.25, -0.2) is 4.98 Å². The fourth-order valence-electron chi connectivity index (χ4n) is 3.30. The van der Waals surface area contributed by atoms with E-state index in [-0.39, 0.29) is 11.8 Å². The highest BCUT2D eigenvalue weighted by atomic mass is 16.5. The summed E-state index contributed by atoms with van der Waals surface area (Å²) in [6.07, 6.45) is 2.67. The summed E-state index contributed by atoms with van der Waals surface area (Å²) in [6, 6.07) is 18.8. The molecule has 27 heavy (non-hydrogen) atoms. The van der Waals surface area contributed by atoms with Crippen molar-refractivity contribution >= 4 is 17.3 Å². The number of aromatic nitrogens is 1. The van der Waals surface area contributed by atoms with Crippen molar-refractivity contribution in [2.75, 3.05) is 23.3 Å². The third-order valence-electron chi connectivity index (χ3n) is 4.69. The number of benzene rings is 2. The van der Waals surface area contributed by atoms with Crippen molar-refractivity contribution in [1.82, 2.24) is 4.98 Å².